The van der Waals surface area contributed by atoms with Gasteiger partial charge in [-0.1, -0.05) is 72.8 Å². The first-order valence-corrected chi connectivity index (χ1v) is 7.62. The Bertz CT molecular complexity index is 818. The summed E-state index contributed by atoms with van der Waals surface area (Å²) in [6.07, 6.45) is 0. The highest BCUT2D eigenvalue weighted by Crippen LogP contribution is 2.26. The Hall–Kier alpha value is -2.67. The largest absolute Gasteiger partial charge is 0.394 e. The van der Waals surface area contributed by atoms with Crippen LogP contribution < -0.4 is 5.32 Å². The van der Waals surface area contributed by atoms with Crippen molar-refractivity contribution in [1.29, 1.82) is 5.26 Å². The van der Waals surface area contributed by atoms with E-state index in [1.54, 1.807) is 0 Å². The highest BCUT2D eigenvalue weighted by atomic mass is 16.3. The van der Waals surface area contributed by atoms with Gasteiger partial charge in [-0.25, -0.2) is 0 Å². The average Bonchev–Trinajstić information content (AvgIpc) is 2.63. The zero-order valence-electron chi connectivity index (χ0n) is 12.7. The van der Waals surface area contributed by atoms with E-state index in [1.165, 1.54) is 0 Å². The molecule has 114 valence electrons. The lowest BCUT2D eigenvalue weighted by molar-refractivity contribution is 0.240. The molecule has 0 heterocycles. The van der Waals surface area contributed by atoms with Crippen molar-refractivity contribution in [2.24, 2.45) is 0 Å². The Labute approximate surface area is 135 Å². The predicted octanol–water partition coefficient (Wildman–Crippen LogP) is 3.73. The van der Waals surface area contributed by atoms with Gasteiger partial charge < -0.3 is 5.11 Å². The molecule has 2 N–H and O–H groups in total. The van der Waals surface area contributed by atoms with E-state index in [9.17, 15) is 10.4 Å². The molecule has 0 spiro atoms. The van der Waals surface area contributed by atoms with Gasteiger partial charge in [0.1, 0.15) is 6.04 Å². The van der Waals surface area contributed by atoms with E-state index in [0.29, 0.717) is 0 Å². The third-order valence-electron chi connectivity index (χ3n) is 4.02. The summed E-state index contributed by atoms with van der Waals surface area (Å²) in [5, 5.41) is 24.8. The van der Waals surface area contributed by atoms with Crippen molar-refractivity contribution in [2.45, 2.75) is 12.1 Å². The van der Waals surface area contributed by atoms with Crippen LogP contribution in [-0.2, 0) is 0 Å². The molecule has 0 radical (unpaired) electrons. The fourth-order valence-electron chi connectivity index (χ4n) is 2.84. The van der Waals surface area contributed by atoms with Gasteiger partial charge in [-0.3, -0.25) is 5.32 Å². The van der Waals surface area contributed by atoms with Gasteiger partial charge >= 0.3 is 0 Å². The van der Waals surface area contributed by atoms with Gasteiger partial charge in [-0.05, 0) is 21.9 Å². The quantitative estimate of drug-likeness (QED) is 0.755. The van der Waals surface area contributed by atoms with E-state index in [0.717, 1.165) is 21.9 Å². The van der Waals surface area contributed by atoms with Crippen LogP contribution in [0.25, 0.3) is 10.8 Å². The maximum Gasteiger partial charge on any atom is 0.122 e. The molecule has 0 saturated heterocycles. The van der Waals surface area contributed by atoms with Crippen molar-refractivity contribution in [1.82, 2.24) is 5.32 Å². The number of rotatable bonds is 5. The molecule has 0 aromatic heterocycles. The lowest BCUT2D eigenvalue weighted by atomic mass is 9.98. The number of fused-ring (bicyclic) bond motifs is 1. The fourth-order valence-corrected chi connectivity index (χ4v) is 2.84. The van der Waals surface area contributed by atoms with Gasteiger partial charge in [0.25, 0.3) is 0 Å². The molecule has 0 saturated carbocycles. The van der Waals surface area contributed by atoms with E-state index in [2.05, 4.69) is 11.4 Å². The van der Waals surface area contributed by atoms with E-state index >= 15 is 0 Å². The molecule has 3 aromatic carbocycles. The van der Waals surface area contributed by atoms with Gasteiger partial charge in [0.2, 0.25) is 0 Å². The maximum absolute atomic E-state index is 9.71. The Morgan fingerprint density at radius 3 is 2.35 bits per heavy atom. The number of aliphatic hydroxyl groups excluding tert-OH is 1. The third kappa shape index (κ3) is 3.24. The van der Waals surface area contributed by atoms with Crippen LogP contribution in [0.3, 0.4) is 0 Å². The van der Waals surface area contributed by atoms with Crippen LogP contribution in [0.2, 0.25) is 0 Å². The Morgan fingerprint density at radius 1 is 0.913 bits per heavy atom. The van der Waals surface area contributed by atoms with E-state index in [4.69, 9.17) is 0 Å². The van der Waals surface area contributed by atoms with Crippen molar-refractivity contribution in [3.05, 3.63) is 83.9 Å². The van der Waals surface area contributed by atoms with Crippen molar-refractivity contribution < 1.29 is 5.11 Å². The van der Waals surface area contributed by atoms with Crippen LogP contribution >= 0.6 is 0 Å². The third-order valence-corrected chi connectivity index (χ3v) is 4.02. The number of hydrogen-bond donors (Lipinski definition) is 2. The highest BCUT2D eigenvalue weighted by molar-refractivity contribution is 5.86. The first-order chi connectivity index (χ1) is 11.3. The second-order valence-corrected chi connectivity index (χ2v) is 5.44. The zero-order valence-corrected chi connectivity index (χ0v) is 12.7. The van der Waals surface area contributed by atoms with Crippen LogP contribution in [0, 0.1) is 11.3 Å². The number of aliphatic hydroxyl groups is 1. The lowest BCUT2D eigenvalue weighted by Crippen LogP contribution is -2.28. The Morgan fingerprint density at radius 2 is 1.61 bits per heavy atom. The molecule has 0 aliphatic heterocycles. The molecule has 2 atom stereocenters. The first kappa shape index (κ1) is 15.2. The number of nitrogens with one attached hydrogen (secondary N) is 1. The van der Waals surface area contributed by atoms with Crippen LogP contribution in [0.4, 0.5) is 0 Å². The zero-order chi connectivity index (χ0) is 16.1. The molecule has 23 heavy (non-hydrogen) atoms. The second kappa shape index (κ2) is 7.06. The van der Waals surface area contributed by atoms with Crippen LogP contribution in [0.15, 0.2) is 72.8 Å². The minimum atomic E-state index is -0.488. The average molecular weight is 302 g/mol. The summed E-state index contributed by atoms with van der Waals surface area (Å²) in [5.74, 6) is 0. The van der Waals surface area contributed by atoms with Crippen molar-refractivity contribution >= 4 is 10.8 Å². The van der Waals surface area contributed by atoms with E-state index < -0.39 is 6.04 Å². The predicted molar refractivity (Wildman–Crippen MR) is 91.7 cm³/mol. The normalized spacial score (nSPS) is 13.4. The maximum atomic E-state index is 9.71. The van der Waals surface area contributed by atoms with E-state index in [1.807, 2.05) is 72.8 Å². The highest BCUT2D eigenvalue weighted by Gasteiger charge is 2.19. The summed E-state index contributed by atoms with van der Waals surface area (Å²) >= 11 is 0. The SMILES string of the molecule is N#C[C@@H](NC(CO)c1ccccc1)c1cccc2ccccc12. The van der Waals surface area contributed by atoms with Gasteiger partial charge in [0.05, 0.1) is 18.7 Å². The standard InChI is InChI=1S/C20H18N2O/c21-13-19(22-20(14-23)16-8-2-1-3-9-16)18-12-6-10-15-7-4-5-11-17(15)18/h1-12,19-20,22-23H,14H2/t19-,20?/m1/s1. The minimum Gasteiger partial charge on any atom is -0.394 e. The molecule has 0 amide bonds. The van der Waals surface area contributed by atoms with Crippen molar-refractivity contribution in [2.75, 3.05) is 6.61 Å². The fraction of sp³-hybridized carbons (Fsp3) is 0.150. The summed E-state index contributed by atoms with van der Waals surface area (Å²) in [7, 11) is 0. The molecule has 0 aliphatic carbocycles. The first-order valence-electron chi connectivity index (χ1n) is 7.62. The van der Waals surface area contributed by atoms with Crippen LogP contribution in [0.1, 0.15) is 23.2 Å². The van der Waals surface area contributed by atoms with Gasteiger partial charge in [-0.2, -0.15) is 5.26 Å². The summed E-state index contributed by atoms with van der Waals surface area (Å²) in [6.45, 7) is -0.0625. The number of nitrogens with zero attached hydrogens (tertiary/aromatic N) is 1. The topological polar surface area (TPSA) is 56.0 Å². The Balaban J connectivity index is 1.95. The van der Waals surface area contributed by atoms with Gasteiger partial charge in [0.15, 0.2) is 0 Å². The molecule has 0 aliphatic rings. The molecule has 0 bridgehead atoms. The monoisotopic (exact) mass is 302 g/mol. The van der Waals surface area contributed by atoms with Gasteiger partial charge in [0, 0.05) is 0 Å². The smallest absolute Gasteiger partial charge is 0.122 e. The van der Waals surface area contributed by atoms with E-state index in [-0.39, 0.29) is 12.6 Å². The number of nitriles is 1. The Kier molecular flexibility index (Phi) is 4.68. The molecular formula is C20H18N2O. The van der Waals surface area contributed by atoms with Crippen molar-refractivity contribution in [3.63, 3.8) is 0 Å². The lowest BCUT2D eigenvalue weighted by Gasteiger charge is -2.21. The van der Waals surface area contributed by atoms with Crippen LogP contribution in [-0.4, -0.2) is 11.7 Å². The van der Waals surface area contributed by atoms with Gasteiger partial charge in [-0.15, -0.1) is 0 Å². The summed E-state index contributed by atoms with van der Waals surface area (Å²) < 4.78 is 0. The van der Waals surface area contributed by atoms with Crippen LogP contribution in [0.5, 0.6) is 0 Å². The summed E-state index contributed by atoms with van der Waals surface area (Å²) in [5.41, 5.74) is 1.90. The van der Waals surface area contributed by atoms with Crippen molar-refractivity contribution in [3.8, 4) is 6.07 Å². The molecule has 0 fully saturated rings. The minimum absolute atomic E-state index is 0.0625. The molecule has 3 nitrogen and oxygen atoms in total. The molecule has 1 unspecified atom stereocenters. The summed E-state index contributed by atoms with van der Waals surface area (Å²) in [6, 6.07) is 25.2. The second-order valence-electron chi connectivity index (χ2n) is 5.44. The molecule has 3 heteroatoms. The molecular weight excluding hydrogens is 284 g/mol. The summed E-state index contributed by atoms with van der Waals surface area (Å²) in [4.78, 5) is 0. The molecule has 3 aromatic rings. The molecule has 3 rings (SSSR count). The number of hydrogen-bond acceptors (Lipinski definition) is 3. The number of benzene rings is 3.